The van der Waals surface area contributed by atoms with Crippen molar-refractivity contribution in [3.63, 3.8) is 0 Å². The van der Waals surface area contributed by atoms with Gasteiger partial charge in [0.25, 0.3) is 0 Å². The van der Waals surface area contributed by atoms with Crippen LogP contribution in [0.5, 0.6) is 0 Å². The Morgan fingerprint density at radius 3 is 1.05 bits per heavy atom. The number of carbonyl (C=O) groups excluding carboxylic acids is 4. The second-order valence-corrected chi connectivity index (χ2v) is 7.16. The predicted octanol–water partition coefficient (Wildman–Crippen LogP) is 3.96. The number of esters is 4. The van der Waals surface area contributed by atoms with Gasteiger partial charge in [0, 0.05) is 24.3 Å². The highest BCUT2D eigenvalue weighted by Crippen LogP contribution is 2.55. The lowest BCUT2D eigenvalue weighted by Gasteiger charge is -2.38. The van der Waals surface area contributed by atoms with Gasteiger partial charge in [-0.2, -0.15) is 35.1 Å². The summed E-state index contributed by atoms with van der Waals surface area (Å²) < 4.78 is 132. The van der Waals surface area contributed by atoms with Crippen molar-refractivity contribution in [3.05, 3.63) is 50.6 Å². The van der Waals surface area contributed by atoms with E-state index < -0.39 is 85.8 Å². The highest BCUT2D eigenvalue weighted by molar-refractivity contribution is 5.82. The number of rotatable bonds is 17. The molecule has 0 aromatic rings. The summed E-state index contributed by atoms with van der Waals surface area (Å²) in [6.07, 6.45) is -8.34. The molecule has 0 rings (SSSR count). The van der Waals surface area contributed by atoms with Gasteiger partial charge in [0.15, 0.2) is 0 Å². The number of alkyl halides is 8. The quantitative estimate of drug-likeness (QED) is 0.113. The maximum Gasteiger partial charge on any atom is 0.378 e. The Bertz CT molecular complexity index is 858. The van der Waals surface area contributed by atoms with Crippen molar-refractivity contribution in [3.8, 4) is 0 Å². The van der Waals surface area contributed by atoms with Crippen LogP contribution < -0.4 is 0 Å². The maximum atomic E-state index is 14.4. The van der Waals surface area contributed by atoms with Crippen molar-refractivity contribution < 1.29 is 73.2 Å². The van der Waals surface area contributed by atoms with E-state index in [0.717, 1.165) is 0 Å². The van der Waals surface area contributed by atoms with Crippen molar-refractivity contribution in [2.24, 2.45) is 0 Å². The molecule has 0 saturated carbocycles. The van der Waals surface area contributed by atoms with Crippen LogP contribution in [0.15, 0.2) is 50.6 Å². The van der Waals surface area contributed by atoms with E-state index in [9.17, 15) is 54.3 Å². The summed E-state index contributed by atoms with van der Waals surface area (Å²) in [4.78, 5) is 44.8. The van der Waals surface area contributed by atoms with Gasteiger partial charge in [-0.25, -0.2) is 19.2 Å². The molecule has 16 heteroatoms. The van der Waals surface area contributed by atoms with Crippen LogP contribution in [0.1, 0.15) is 12.8 Å². The molecule has 0 saturated heterocycles. The van der Waals surface area contributed by atoms with Gasteiger partial charge >= 0.3 is 47.6 Å². The summed E-state index contributed by atoms with van der Waals surface area (Å²) in [6, 6.07) is 0. The second-order valence-electron chi connectivity index (χ2n) is 7.16. The van der Waals surface area contributed by atoms with Gasteiger partial charge in [0.2, 0.25) is 0 Å². The first-order chi connectivity index (χ1) is 17.3. The van der Waals surface area contributed by atoms with E-state index in [1.165, 1.54) is 0 Å². The van der Waals surface area contributed by atoms with Crippen LogP contribution in [0, 0.1) is 0 Å². The predicted molar refractivity (Wildman–Crippen MR) is 111 cm³/mol. The van der Waals surface area contributed by atoms with Crippen molar-refractivity contribution in [2.45, 2.75) is 48.7 Å². The van der Waals surface area contributed by atoms with Crippen LogP contribution in [-0.4, -0.2) is 73.0 Å². The molecule has 2 atom stereocenters. The molecule has 2 unspecified atom stereocenters. The van der Waals surface area contributed by atoms with Crippen molar-refractivity contribution in [1.29, 1.82) is 0 Å². The third-order valence-electron chi connectivity index (χ3n) is 4.34. The molecular formula is C22H22F8O8. The Morgan fingerprint density at radius 2 is 0.816 bits per heavy atom. The third kappa shape index (κ3) is 8.99. The molecular weight excluding hydrogens is 544 g/mol. The van der Waals surface area contributed by atoms with E-state index in [4.69, 9.17) is 0 Å². The van der Waals surface area contributed by atoms with Gasteiger partial charge in [-0.05, 0) is 0 Å². The van der Waals surface area contributed by atoms with E-state index in [-0.39, 0.29) is 0 Å². The highest BCUT2D eigenvalue weighted by atomic mass is 19.4. The fourth-order valence-electron chi connectivity index (χ4n) is 2.45. The summed E-state index contributed by atoms with van der Waals surface area (Å²) in [5, 5.41) is 0. The number of ether oxygens (including phenoxy) is 4. The third-order valence-corrected chi connectivity index (χ3v) is 4.34. The lowest BCUT2D eigenvalue weighted by atomic mass is 9.92. The summed E-state index contributed by atoms with van der Waals surface area (Å²) >= 11 is 0. The second kappa shape index (κ2) is 13.7. The van der Waals surface area contributed by atoms with Gasteiger partial charge in [-0.1, -0.05) is 26.3 Å². The molecule has 0 aliphatic rings. The molecule has 0 amide bonds. The lowest BCUT2D eigenvalue weighted by Crippen LogP contribution is -2.63. The molecule has 214 valence electrons. The first-order valence-electron chi connectivity index (χ1n) is 10.1. The maximum absolute atomic E-state index is 14.4. The van der Waals surface area contributed by atoms with E-state index in [2.05, 4.69) is 45.3 Å². The first-order valence-corrected chi connectivity index (χ1v) is 10.1. The van der Waals surface area contributed by atoms with E-state index in [0.29, 0.717) is 24.3 Å². The molecule has 0 aromatic carbocycles. The fraction of sp³-hybridized carbons (Fsp3) is 0.455. The van der Waals surface area contributed by atoms with Crippen molar-refractivity contribution >= 4 is 23.9 Å². The Morgan fingerprint density at radius 1 is 0.553 bits per heavy atom. The molecule has 0 fully saturated rings. The monoisotopic (exact) mass is 566 g/mol. The molecule has 0 heterocycles. The van der Waals surface area contributed by atoms with Crippen LogP contribution in [0.4, 0.5) is 35.1 Å². The Kier molecular flexibility index (Phi) is 12.4. The Hall–Kier alpha value is -3.72. The average Bonchev–Trinajstić information content (AvgIpc) is 2.84. The zero-order valence-electron chi connectivity index (χ0n) is 19.4. The van der Waals surface area contributed by atoms with Crippen LogP contribution in [0.3, 0.4) is 0 Å². The molecule has 8 nitrogen and oxygen atoms in total. The van der Waals surface area contributed by atoms with E-state index >= 15 is 0 Å². The van der Waals surface area contributed by atoms with E-state index in [1.807, 2.05) is 0 Å². The molecule has 0 radical (unpaired) electrons. The van der Waals surface area contributed by atoms with Crippen LogP contribution in [0.2, 0.25) is 0 Å². The van der Waals surface area contributed by atoms with Crippen molar-refractivity contribution in [2.75, 3.05) is 13.2 Å². The van der Waals surface area contributed by atoms with Crippen LogP contribution >= 0.6 is 0 Å². The molecule has 38 heavy (non-hydrogen) atoms. The van der Waals surface area contributed by atoms with E-state index in [1.54, 1.807) is 0 Å². The summed E-state index contributed by atoms with van der Waals surface area (Å²) in [6.45, 7) is 8.94. The lowest BCUT2D eigenvalue weighted by molar-refractivity contribution is -0.372. The SMILES string of the molecule is C=CC(=O)OCC(CC(F)(F)C(F)(F)C(F)(F)C(F)(F)CC(COC(=O)C=C)OC(=O)C=C)OC(=O)C=C. The zero-order valence-corrected chi connectivity index (χ0v) is 19.4. The smallest absolute Gasteiger partial charge is 0.378 e. The number of hydrogen-bond donors (Lipinski definition) is 0. The molecule has 0 aliphatic heterocycles. The molecule has 0 aromatic heterocycles. The number of carbonyl (C=O) groups is 4. The summed E-state index contributed by atoms with van der Waals surface area (Å²) in [5.41, 5.74) is 0. The fourth-order valence-corrected chi connectivity index (χ4v) is 2.45. The minimum absolute atomic E-state index is 0.366. The minimum Gasteiger partial charge on any atom is -0.459 e. The Labute approximate surface area is 210 Å². The van der Waals surface area contributed by atoms with Gasteiger partial charge < -0.3 is 18.9 Å². The summed E-state index contributed by atoms with van der Waals surface area (Å²) in [7, 11) is 0. The normalized spacial score (nSPS) is 13.8. The van der Waals surface area contributed by atoms with Gasteiger partial charge in [-0.3, -0.25) is 0 Å². The molecule has 0 N–H and O–H groups in total. The zero-order chi connectivity index (χ0) is 29.9. The molecule has 0 spiro atoms. The van der Waals surface area contributed by atoms with Crippen LogP contribution in [-0.2, 0) is 38.1 Å². The number of hydrogen-bond acceptors (Lipinski definition) is 8. The molecule has 0 bridgehead atoms. The minimum atomic E-state index is -6.84. The molecule has 0 aliphatic carbocycles. The number of halogens is 8. The van der Waals surface area contributed by atoms with Crippen LogP contribution in [0.25, 0.3) is 0 Å². The first kappa shape index (κ1) is 34.3. The average molecular weight is 566 g/mol. The highest BCUT2D eigenvalue weighted by Gasteiger charge is 2.80. The van der Waals surface area contributed by atoms with Gasteiger partial charge in [-0.15, -0.1) is 0 Å². The summed E-state index contributed by atoms with van der Waals surface area (Å²) in [5.74, 6) is -31.4. The van der Waals surface area contributed by atoms with Gasteiger partial charge in [0.1, 0.15) is 25.4 Å². The largest absolute Gasteiger partial charge is 0.459 e. The topological polar surface area (TPSA) is 105 Å². The standard InChI is InChI=1S/C22H22F8O8/c1-5-15(31)35-11-13(37-17(33)7-3)9-19(23,24)21(27,28)22(29,30)20(25,26)10-14(38-18(34)8-4)12-36-16(32)6-2/h5-8,13-14H,1-4,9-12H2. The Balaban J connectivity index is 6.10. The van der Waals surface area contributed by atoms with Crippen molar-refractivity contribution in [1.82, 2.24) is 0 Å². The van der Waals surface area contributed by atoms with Gasteiger partial charge in [0.05, 0.1) is 12.8 Å².